The minimum Gasteiger partial charge on any atom is -0.459 e. The fraction of sp³-hybridized carbons (Fsp3) is 0.824. The van der Waals surface area contributed by atoms with E-state index in [9.17, 15) is 4.79 Å². The normalized spacial score (nSPS) is 45.1. The topological polar surface area (TPSA) is 50.9 Å². The van der Waals surface area contributed by atoms with Crippen molar-refractivity contribution >= 4 is 5.97 Å². The second-order valence-electron chi connectivity index (χ2n) is 6.96. The first kappa shape index (κ1) is 15.0. The molecule has 4 heteroatoms. The van der Waals surface area contributed by atoms with E-state index in [1.165, 1.54) is 5.57 Å². The monoisotopic (exact) mass is 293 g/mol. The summed E-state index contributed by atoms with van der Waals surface area (Å²) < 4.78 is 11.7. The molecule has 0 amide bonds. The zero-order valence-electron chi connectivity index (χ0n) is 13.4. The molecule has 2 heterocycles. The molecular weight excluding hydrogens is 266 g/mol. The molecule has 0 radical (unpaired) electrons. The molecule has 1 N–H and O–H groups in total. The van der Waals surface area contributed by atoms with Crippen molar-refractivity contribution in [1.82, 2.24) is 5.32 Å². The summed E-state index contributed by atoms with van der Waals surface area (Å²) in [6.45, 7) is 8.03. The lowest BCUT2D eigenvalue weighted by molar-refractivity contribution is -0.144. The van der Waals surface area contributed by atoms with Crippen molar-refractivity contribution in [2.24, 2.45) is 11.8 Å². The van der Waals surface area contributed by atoms with E-state index >= 15 is 0 Å². The molecule has 3 aliphatic rings. The molecule has 2 fully saturated rings. The molecule has 0 bridgehead atoms. The first-order chi connectivity index (χ1) is 10.0. The van der Waals surface area contributed by atoms with Crippen LogP contribution in [0.3, 0.4) is 0 Å². The second kappa shape index (κ2) is 5.73. The van der Waals surface area contributed by atoms with E-state index in [-0.39, 0.29) is 35.6 Å². The van der Waals surface area contributed by atoms with Crippen molar-refractivity contribution in [2.75, 3.05) is 13.1 Å². The van der Waals surface area contributed by atoms with Gasteiger partial charge in [0.1, 0.15) is 12.2 Å². The SMILES string of the molecule is CCNC[C@@H]1C(=O)O[C@H]2[C@H]1CC/C(C)=C/CC[C@@]1(C)O[C@@H]21. The number of hydrogen-bond acceptors (Lipinski definition) is 4. The number of carbonyl (C=O) groups is 1. The molecule has 0 spiro atoms. The van der Waals surface area contributed by atoms with Gasteiger partial charge in [0.15, 0.2) is 0 Å². The van der Waals surface area contributed by atoms with Crippen LogP contribution in [-0.4, -0.2) is 36.9 Å². The summed E-state index contributed by atoms with van der Waals surface area (Å²) in [7, 11) is 0. The molecule has 3 rings (SSSR count). The molecule has 4 nitrogen and oxygen atoms in total. The van der Waals surface area contributed by atoms with E-state index in [0.29, 0.717) is 0 Å². The second-order valence-corrected chi connectivity index (χ2v) is 6.96. The molecule has 5 atom stereocenters. The number of ether oxygens (including phenoxy) is 2. The Balaban J connectivity index is 1.80. The average Bonchev–Trinajstić information content (AvgIpc) is 3.00. The van der Waals surface area contributed by atoms with Crippen molar-refractivity contribution in [3.63, 3.8) is 0 Å². The molecule has 0 saturated carbocycles. The summed E-state index contributed by atoms with van der Waals surface area (Å²) >= 11 is 0. The van der Waals surface area contributed by atoms with Gasteiger partial charge < -0.3 is 14.8 Å². The average molecular weight is 293 g/mol. The molecule has 21 heavy (non-hydrogen) atoms. The Labute approximate surface area is 127 Å². The van der Waals surface area contributed by atoms with Crippen LogP contribution < -0.4 is 5.32 Å². The van der Waals surface area contributed by atoms with Gasteiger partial charge in [0.2, 0.25) is 0 Å². The number of nitrogens with one attached hydrogen (secondary N) is 1. The summed E-state index contributed by atoms with van der Waals surface area (Å²) in [5.74, 6) is 0.227. The van der Waals surface area contributed by atoms with Crippen LogP contribution >= 0.6 is 0 Å². The molecule has 0 aromatic heterocycles. The molecule has 0 aromatic carbocycles. The highest BCUT2D eigenvalue weighted by molar-refractivity contribution is 5.75. The van der Waals surface area contributed by atoms with Gasteiger partial charge in [-0.05, 0) is 46.1 Å². The Morgan fingerprint density at radius 1 is 1.48 bits per heavy atom. The lowest BCUT2D eigenvalue weighted by atomic mass is 9.80. The lowest BCUT2D eigenvalue weighted by Crippen LogP contribution is -2.34. The van der Waals surface area contributed by atoms with Gasteiger partial charge in [-0.3, -0.25) is 4.79 Å². The molecule has 0 aromatic rings. The van der Waals surface area contributed by atoms with Crippen LogP contribution in [0.2, 0.25) is 0 Å². The number of epoxide rings is 1. The molecule has 0 unspecified atom stereocenters. The van der Waals surface area contributed by atoms with E-state index in [1.54, 1.807) is 0 Å². The Bertz CT molecular complexity index is 447. The van der Waals surface area contributed by atoms with Gasteiger partial charge in [-0.25, -0.2) is 0 Å². The Morgan fingerprint density at radius 3 is 3.05 bits per heavy atom. The summed E-state index contributed by atoms with van der Waals surface area (Å²) in [6, 6.07) is 0. The quantitative estimate of drug-likeness (QED) is 0.493. The van der Waals surface area contributed by atoms with Gasteiger partial charge in [0.25, 0.3) is 0 Å². The van der Waals surface area contributed by atoms with Crippen LogP contribution in [0.5, 0.6) is 0 Å². The number of fused-ring (bicyclic) bond motifs is 3. The third kappa shape index (κ3) is 2.88. The van der Waals surface area contributed by atoms with Gasteiger partial charge in [-0.1, -0.05) is 18.6 Å². The summed E-state index contributed by atoms with van der Waals surface area (Å²) in [4.78, 5) is 12.3. The number of rotatable bonds is 3. The van der Waals surface area contributed by atoms with Crippen molar-refractivity contribution in [3.05, 3.63) is 11.6 Å². The van der Waals surface area contributed by atoms with Crippen LogP contribution in [0.15, 0.2) is 11.6 Å². The highest BCUT2D eigenvalue weighted by Crippen LogP contribution is 2.50. The lowest BCUT2D eigenvalue weighted by Gasteiger charge is -2.22. The van der Waals surface area contributed by atoms with E-state index < -0.39 is 0 Å². The predicted octanol–water partition coefficient (Wildman–Crippen LogP) is 2.43. The maximum atomic E-state index is 12.3. The van der Waals surface area contributed by atoms with Crippen LogP contribution in [0.4, 0.5) is 0 Å². The molecule has 2 aliphatic heterocycles. The molecule has 2 saturated heterocycles. The molecule has 118 valence electrons. The maximum absolute atomic E-state index is 12.3. The fourth-order valence-corrected chi connectivity index (χ4v) is 3.87. The van der Waals surface area contributed by atoms with Crippen molar-refractivity contribution in [3.8, 4) is 0 Å². The highest BCUT2D eigenvalue weighted by Gasteiger charge is 2.62. The van der Waals surface area contributed by atoms with Gasteiger partial charge in [-0.2, -0.15) is 0 Å². The van der Waals surface area contributed by atoms with Gasteiger partial charge in [0, 0.05) is 12.5 Å². The summed E-state index contributed by atoms with van der Waals surface area (Å²) in [5.41, 5.74) is 1.34. The van der Waals surface area contributed by atoms with E-state index in [2.05, 4.69) is 32.2 Å². The standard InChI is InChI=1S/C17H27NO3/c1-4-18-10-13-12-8-7-11(2)6-5-9-17(3)15(21-17)14(12)20-16(13)19/h6,12-15,18H,4-5,7-10H2,1-3H3/b11-6+/t12-,13-,14-,15-,17+/m0/s1. The van der Waals surface area contributed by atoms with Gasteiger partial charge >= 0.3 is 5.97 Å². The first-order valence-corrected chi connectivity index (χ1v) is 8.30. The van der Waals surface area contributed by atoms with Crippen LogP contribution in [0, 0.1) is 11.8 Å². The van der Waals surface area contributed by atoms with Crippen molar-refractivity contribution in [1.29, 1.82) is 0 Å². The Hall–Kier alpha value is -0.870. The molecule has 1 aliphatic carbocycles. The first-order valence-electron chi connectivity index (χ1n) is 8.30. The van der Waals surface area contributed by atoms with Crippen LogP contribution in [0.25, 0.3) is 0 Å². The fourth-order valence-electron chi connectivity index (χ4n) is 3.87. The Kier molecular flexibility index (Phi) is 4.10. The minimum atomic E-state index is -0.0929. The summed E-state index contributed by atoms with van der Waals surface area (Å²) in [5, 5.41) is 3.31. The number of esters is 1. The van der Waals surface area contributed by atoms with E-state index in [0.717, 1.165) is 38.8 Å². The smallest absolute Gasteiger partial charge is 0.311 e. The van der Waals surface area contributed by atoms with Gasteiger partial charge in [0.05, 0.1) is 11.5 Å². The summed E-state index contributed by atoms with van der Waals surface area (Å²) in [6.07, 6.45) is 6.55. The highest BCUT2D eigenvalue weighted by atomic mass is 16.6. The predicted molar refractivity (Wildman–Crippen MR) is 80.9 cm³/mol. The van der Waals surface area contributed by atoms with Crippen molar-refractivity contribution < 1.29 is 14.3 Å². The van der Waals surface area contributed by atoms with Crippen LogP contribution in [-0.2, 0) is 14.3 Å². The number of allylic oxidation sites excluding steroid dienone is 2. The third-order valence-corrected chi connectivity index (χ3v) is 5.35. The van der Waals surface area contributed by atoms with Crippen LogP contribution in [0.1, 0.15) is 46.5 Å². The third-order valence-electron chi connectivity index (χ3n) is 5.35. The largest absolute Gasteiger partial charge is 0.459 e. The van der Waals surface area contributed by atoms with Gasteiger partial charge in [-0.15, -0.1) is 0 Å². The zero-order chi connectivity index (χ0) is 15.0. The Morgan fingerprint density at radius 2 is 2.29 bits per heavy atom. The van der Waals surface area contributed by atoms with Crippen molar-refractivity contribution in [2.45, 2.75) is 64.3 Å². The van der Waals surface area contributed by atoms with E-state index in [1.807, 2.05) is 0 Å². The number of carbonyl (C=O) groups excluding carboxylic acids is 1. The zero-order valence-corrected chi connectivity index (χ0v) is 13.4. The maximum Gasteiger partial charge on any atom is 0.311 e. The minimum absolute atomic E-state index is 0.0179. The van der Waals surface area contributed by atoms with E-state index in [4.69, 9.17) is 9.47 Å². The number of hydrogen-bond donors (Lipinski definition) is 1. The molecular formula is C17H27NO3.